The van der Waals surface area contributed by atoms with Crippen LogP contribution in [0.25, 0.3) is 5.57 Å². The van der Waals surface area contributed by atoms with Crippen LogP contribution in [0.1, 0.15) is 94.5 Å². The Morgan fingerprint density at radius 1 is 1.04 bits per heavy atom. The Morgan fingerprint density at radius 3 is 2.49 bits per heavy atom. The number of nitrogens with zero attached hydrogens (tertiary/aromatic N) is 2. The number of ether oxygens (including phenoxy) is 2. The van der Waals surface area contributed by atoms with E-state index >= 15 is 0 Å². The molecule has 1 aromatic carbocycles. The molecule has 244 valence electrons. The Bertz CT molecular complexity index is 1330. The van der Waals surface area contributed by atoms with Crippen molar-refractivity contribution >= 4 is 57.3 Å². The third kappa shape index (κ3) is 10.8. The van der Waals surface area contributed by atoms with E-state index in [0.717, 1.165) is 58.9 Å². The number of rotatable bonds is 17. The maximum atomic E-state index is 13.4. The number of carbonyl (C=O) groups is 2. The number of esters is 2. The van der Waals surface area contributed by atoms with Crippen molar-refractivity contribution in [1.29, 1.82) is 0 Å². The Morgan fingerprint density at radius 2 is 1.78 bits per heavy atom. The first-order valence-electron chi connectivity index (χ1n) is 16.0. The van der Waals surface area contributed by atoms with Gasteiger partial charge >= 0.3 is 11.9 Å². The molecule has 0 saturated heterocycles. The molecule has 0 N–H and O–H groups in total. The van der Waals surface area contributed by atoms with Crippen molar-refractivity contribution in [3.63, 3.8) is 0 Å². The number of carbonyl (C=O) groups excluding carboxylic acids is 2. The molecule has 0 radical (unpaired) electrons. The summed E-state index contributed by atoms with van der Waals surface area (Å²) in [6.45, 7) is 4.90. The van der Waals surface area contributed by atoms with Crippen molar-refractivity contribution in [3.05, 3.63) is 82.7 Å². The third-order valence-corrected chi connectivity index (χ3v) is 9.97. The van der Waals surface area contributed by atoms with Gasteiger partial charge in [-0.25, -0.2) is 4.79 Å². The van der Waals surface area contributed by atoms with E-state index in [1.165, 1.54) is 27.1 Å². The molecule has 9 heteroatoms. The van der Waals surface area contributed by atoms with Gasteiger partial charge in [-0.15, -0.1) is 11.8 Å². The average molecular weight is 671 g/mol. The number of hydrogen-bond acceptors (Lipinski definition) is 8. The lowest BCUT2D eigenvalue weighted by Gasteiger charge is -2.38. The van der Waals surface area contributed by atoms with Crippen LogP contribution in [-0.2, 0) is 19.1 Å². The summed E-state index contributed by atoms with van der Waals surface area (Å²) in [4.78, 5) is 33.1. The van der Waals surface area contributed by atoms with Gasteiger partial charge in [-0.2, -0.15) is 0 Å². The van der Waals surface area contributed by atoms with E-state index in [1.54, 1.807) is 24.0 Å². The first-order chi connectivity index (χ1) is 21.9. The Kier molecular flexibility index (Phi) is 16.3. The summed E-state index contributed by atoms with van der Waals surface area (Å²) >= 11 is 14.2. The van der Waals surface area contributed by atoms with Gasteiger partial charge in [-0.05, 0) is 54.4 Å². The first-order valence-corrected chi connectivity index (χ1v) is 17.8. The van der Waals surface area contributed by atoms with Crippen molar-refractivity contribution < 1.29 is 19.1 Å². The smallest absolute Gasteiger partial charge is 0.327 e. The van der Waals surface area contributed by atoms with Crippen LogP contribution in [0, 0.1) is 5.92 Å². The summed E-state index contributed by atoms with van der Waals surface area (Å²) in [6.07, 6.45) is 17.0. The number of thiocarbonyl (C=S) groups is 1. The van der Waals surface area contributed by atoms with Gasteiger partial charge in [0.1, 0.15) is 6.04 Å². The fourth-order valence-corrected chi connectivity index (χ4v) is 7.16. The summed E-state index contributed by atoms with van der Waals surface area (Å²) in [6, 6.07) is 10.2. The Labute approximate surface area is 284 Å². The largest absolute Gasteiger partial charge is 0.469 e. The molecule has 0 aliphatic carbocycles. The molecule has 0 amide bonds. The number of aromatic nitrogens is 1. The third-order valence-electron chi connectivity index (χ3n) is 8.08. The highest BCUT2D eigenvalue weighted by Gasteiger charge is 2.36. The molecular weight excluding hydrogens is 624 g/mol. The minimum atomic E-state index is -0.740. The number of pyridine rings is 1. The molecule has 2 heterocycles. The zero-order valence-corrected chi connectivity index (χ0v) is 29.4. The van der Waals surface area contributed by atoms with E-state index in [1.807, 2.05) is 42.5 Å². The topological polar surface area (TPSA) is 68.7 Å². The van der Waals surface area contributed by atoms with E-state index in [-0.39, 0.29) is 17.9 Å². The number of hydrogen-bond donors (Lipinski definition) is 0. The van der Waals surface area contributed by atoms with Crippen LogP contribution in [0.3, 0.4) is 0 Å². The van der Waals surface area contributed by atoms with Gasteiger partial charge in [0.2, 0.25) is 0 Å². The molecule has 0 spiro atoms. The van der Waals surface area contributed by atoms with Crippen LogP contribution in [0.2, 0.25) is 5.02 Å². The second-order valence-electron chi connectivity index (χ2n) is 11.2. The quantitative estimate of drug-likeness (QED) is 0.0715. The molecule has 1 aromatic heterocycles. The van der Waals surface area contributed by atoms with Crippen LogP contribution in [0.4, 0.5) is 0 Å². The number of halogens is 1. The molecule has 3 atom stereocenters. The maximum absolute atomic E-state index is 13.4. The second kappa shape index (κ2) is 19.9. The number of unbranched alkanes of at least 4 members (excludes halogenated alkanes) is 5. The number of benzene rings is 1. The molecule has 6 nitrogen and oxygen atoms in total. The molecule has 0 bridgehead atoms. The molecule has 45 heavy (non-hydrogen) atoms. The van der Waals surface area contributed by atoms with Crippen LogP contribution >= 0.6 is 35.6 Å². The van der Waals surface area contributed by atoms with Crippen molar-refractivity contribution in [3.8, 4) is 0 Å². The van der Waals surface area contributed by atoms with Gasteiger partial charge in [-0.1, -0.05) is 113 Å². The molecule has 3 rings (SSSR count). The van der Waals surface area contributed by atoms with Crippen LogP contribution in [0.15, 0.2) is 60.8 Å². The minimum absolute atomic E-state index is 0.259. The first kappa shape index (κ1) is 36.9. The summed E-state index contributed by atoms with van der Waals surface area (Å²) in [5.41, 5.74) is 3.53. The fraction of sp³-hybridized carbons (Fsp3) is 0.500. The van der Waals surface area contributed by atoms with E-state index in [4.69, 9.17) is 38.3 Å². The SMILES string of the molecule is CCCCCCCC(/C=C\C1C=C(c2ncccc2C(=S)SCCCC)CCN1C(C(=O)OC)c1ccccc1Cl)C(=O)OC. The van der Waals surface area contributed by atoms with Gasteiger partial charge < -0.3 is 9.47 Å². The van der Waals surface area contributed by atoms with E-state index in [9.17, 15) is 9.59 Å². The predicted octanol–water partition coefficient (Wildman–Crippen LogP) is 9.02. The lowest BCUT2D eigenvalue weighted by Crippen LogP contribution is -2.43. The normalized spacial score (nSPS) is 16.6. The fourth-order valence-electron chi connectivity index (χ4n) is 5.57. The second-order valence-corrected chi connectivity index (χ2v) is 13.4. The monoisotopic (exact) mass is 670 g/mol. The lowest BCUT2D eigenvalue weighted by atomic mass is 9.92. The number of thioether (sulfide) groups is 1. The highest BCUT2D eigenvalue weighted by atomic mass is 35.5. The molecule has 0 fully saturated rings. The molecule has 3 unspecified atom stereocenters. The molecular formula is C36H47ClN2O4S2. The zero-order valence-electron chi connectivity index (χ0n) is 27.0. The van der Waals surface area contributed by atoms with Crippen LogP contribution in [-0.4, -0.2) is 58.6 Å². The van der Waals surface area contributed by atoms with Gasteiger partial charge in [0.25, 0.3) is 0 Å². The number of methoxy groups -OCH3 is 2. The Balaban J connectivity index is 2.05. The van der Waals surface area contributed by atoms with Crippen LogP contribution < -0.4 is 0 Å². The van der Waals surface area contributed by atoms with Gasteiger partial charge in [-0.3, -0.25) is 14.7 Å². The molecule has 0 saturated carbocycles. The van der Waals surface area contributed by atoms with E-state index < -0.39 is 12.0 Å². The van der Waals surface area contributed by atoms with Crippen molar-refractivity contribution in [2.24, 2.45) is 5.92 Å². The predicted molar refractivity (Wildman–Crippen MR) is 191 cm³/mol. The highest BCUT2D eigenvalue weighted by molar-refractivity contribution is 8.23. The average Bonchev–Trinajstić information content (AvgIpc) is 3.06. The molecule has 1 aliphatic heterocycles. The summed E-state index contributed by atoms with van der Waals surface area (Å²) in [5.74, 6) is -0.0771. The lowest BCUT2D eigenvalue weighted by molar-refractivity contribution is -0.148. The Hall–Kier alpha value is -2.52. The summed E-state index contributed by atoms with van der Waals surface area (Å²) in [5, 5.41) is 0.492. The van der Waals surface area contributed by atoms with E-state index in [2.05, 4.69) is 24.8 Å². The van der Waals surface area contributed by atoms with Crippen LogP contribution in [0.5, 0.6) is 0 Å². The molecule has 2 aromatic rings. The van der Waals surface area contributed by atoms with Gasteiger partial charge in [0, 0.05) is 29.4 Å². The summed E-state index contributed by atoms with van der Waals surface area (Å²) < 4.78 is 11.3. The van der Waals surface area contributed by atoms with Gasteiger partial charge in [0.15, 0.2) is 0 Å². The standard InChI is InChI=1S/C36H47ClN2O4S2/c1-5-7-9-10-11-15-26(34(40)42-3)19-20-28-25-27(32-30(17-14-22-38-32)36(44)45-24-8-6-2)21-23-39(28)33(35(41)43-4)29-16-12-13-18-31(29)37/h12-14,16-20,22,25-26,28,33H,5-11,15,21,23-24H2,1-4H3/b20-19-. The minimum Gasteiger partial charge on any atom is -0.469 e. The highest BCUT2D eigenvalue weighted by Crippen LogP contribution is 2.36. The summed E-state index contributed by atoms with van der Waals surface area (Å²) in [7, 11) is 2.82. The van der Waals surface area contributed by atoms with Crippen molar-refractivity contribution in [1.82, 2.24) is 9.88 Å². The van der Waals surface area contributed by atoms with Crippen molar-refractivity contribution in [2.75, 3.05) is 26.5 Å². The maximum Gasteiger partial charge on any atom is 0.327 e. The zero-order chi connectivity index (χ0) is 32.6. The van der Waals surface area contributed by atoms with Crippen molar-refractivity contribution in [2.45, 2.75) is 83.7 Å². The van der Waals surface area contributed by atoms with Gasteiger partial charge in [0.05, 0.1) is 30.0 Å². The molecule has 1 aliphatic rings. The van der Waals surface area contributed by atoms with E-state index in [0.29, 0.717) is 30.0 Å².